The number of fused-ring (bicyclic) bond motifs is 1. The fraction of sp³-hybridized carbons (Fsp3) is 0.308. The van der Waals surface area contributed by atoms with Crippen molar-refractivity contribution in [3.8, 4) is 56.3 Å². The molecule has 286 valence electrons. The number of aromatic hydroxyl groups is 1. The number of rotatable bonds is 5. The maximum Gasteiger partial charge on any atom is 0.149 e. The first kappa shape index (κ1) is 38.8. The van der Waals surface area contributed by atoms with Crippen molar-refractivity contribution in [1.29, 1.82) is 0 Å². The number of pyridine rings is 1. The van der Waals surface area contributed by atoms with Gasteiger partial charge in [-0.2, -0.15) is 0 Å². The Labute approximate surface area is 334 Å². The summed E-state index contributed by atoms with van der Waals surface area (Å²) < 4.78 is 2.28. The van der Waals surface area contributed by atoms with Crippen LogP contribution < -0.4 is 0 Å². The predicted octanol–water partition coefficient (Wildman–Crippen LogP) is 14.0. The molecule has 0 aliphatic heterocycles. The molecule has 0 saturated carbocycles. The van der Waals surface area contributed by atoms with Crippen molar-refractivity contribution in [3.63, 3.8) is 0 Å². The van der Waals surface area contributed by atoms with Gasteiger partial charge in [0.05, 0.1) is 22.3 Å². The third kappa shape index (κ3) is 7.67. The van der Waals surface area contributed by atoms with E-state index in [9.17, 15) is 5.11 Å². The number of benzene rings is 5. The van der Waals surface area contributed by atoms with Crippen molar-refractivity contribution < 1.29 is 5.11 Å². The lowest BCUT2D eigenvalue weighted by molar-refractivity contribution is 0.477. The Morgan fingerprint density at radius 3 is 1.62 bits per heavy atom. The number of phenols is 1. The molecule has 5 aromatic carbocycles. The van der Waals surface area contributed by atoms with Gasteiger partial charge in [-0.25, -0.2) is 4.98 Å². The minimum atomic E-state index is -0.167. The van der Waals surface area contributed by atoms with Crippen LogP contribution in [0.1, 0.15) is 105 Å². The zero-order chi connectivity index (χ0) is 40.4. The van der Waals surface area contributed by atoms with Gasteiger partial charge in [-0.15, -0.1) is 0 Å². The molecule has 0 fully saturated rings. The second-order valence-corrected chi connectivity index (χ2v) is 19.5. The zero-order valence-electron chi connectivity index (χ0n) is 35.3. The molecular weight excluding hydrogens is 683 g/mol. The Morgan fingerprint density at radius 2 is 1.02 bits per heavy atom. The number of para-hydroxylation sites is 1. The van der Waals surface area contributed by atoms with Crippen LogP contribution in [0.15, 0.2) is 121 Å². The Morgan fingerprint density at radius 1 is 0.464 bits per heavy atom. The van der Waals surface area contributed by atoms with Crippen molar-refractivity contribution in [3.05, 3.63) is 144 Å². The third-order valence-electron chi connectivity index (χ3n) is 11.0. The first-order chi connectivity index (χ1) is 26.2. The molecule has 0 unspecified atom stereocenters. The maximum atomic E-state index is 11.4. The van der Waals surface area contributed by atoms with Crippen molar-refractivity contribution >= 4 is 11.0 Å². The molecule has 4 heteroatoms. The van der Waals surface area contributed by atoms with Gasteiger partial charge in [0.1, 0.15) is 11.6 Å². The normalized spacial score (nSPS) is 12.7. The van der Waals surface area contributed by atoms with Crippen LogP contribution in [0.5, 0.6) is 5.75 Å². The van der Waals surface area contributed by atoms with Crippen LogP contribution in [-0.4, -0.2) is 19.6 Å². The van der Waals surface area contributed by atoms with Crippen molar-refractivity contribution in [2.75, 3.05) is 0 Å². The number of hydrogen-bond acceptors (Lipinski definition) is 3. The molecule has 0 bridgehead atoms. The maximum absolute atomic E-state index is 11.4. The Bertz CT molecular complexity index is 2530. The van der Waals surface area contributed by atoms with Crippen LogP contribution in [0.25, 0.3) is 61.6 Å². The van der Waals surface area contributed by atoms with Gasteiger partial charge in [0, 0.05) is 23.0 Å². The molecule has 0 atom stereocenters. The highest BCUT2D eigenvalue weighted by atomic mass is 16.3. The molecule has 2 aromatic heterocycles. The smallest absolute Gasteiger partial charge is 0.149 e. The van der Waals surface area contributed by atoms with E-state index in [0.717, 1.165) is 50.2 Å². The molecule has 0 aliphatic carbocycles. The van der Waals surface area contributed by atoms with Crippen molar-refractivity contribution in [1.82, 2.24) is 14.5 Å². The van der Waals surface area contributed by atoms with E-state index < -0.39 is 0 Å². The highest BCUT2D eigenvalue weighted by molar-refractivity contribution is 5.98. The first-order valence-corrected chi connectivity index (χ1v) is 19.9. The highest BCUT2D eigenvalue weighted by Crippen LogP contribution is 2.43. The van der Waals surface area contributed by atoms with Crippen molar-refractivity contribution in [2.45, 2.75) is 105 Å². The fourth-order valence-corrected chi connectivity index (χ4v) is 7.32. The molecule has 0 aliphatic rings. The lowest BCUT2D eigenvalue weighted by Gasteiger charge is -2.27. The van der Waals surface area contributed by atoms with Crippen molar-refractivity contribution in [2.24, 2.45) is 0 Å². The van der Waals surface area contributed by atoms with Gasteiger partial charge < -0.3 is 5.11 Å². The van der Waals surface area contributed by atoms with Gasteiger partial charge in [-0.1, -0.05) is 132 Å². The highest BCUT2D eigenvalue weighted by Gasteiger charge is 2.27. The van der Waals surface area contributed by atoms with E-state index in [4.69, 9.17) is 9.97 Å². The third-order valence-corrected chi connectivity index (χ3v) is 11.0. The first-order valence-electron chi connectivity index (χ1n) is 19.9. The molecule has 1 N–H and O–H groups in total. The van der Waals surface area contributed by atoms with Crippen LogP contribution in [0.2, 0.25) is 0 Å². The van der Waals surface area contributed by atoms with Gasteiger partial charge in [0.2, 0.25) is 0 Å². The monoisotopic (exact) mass is 739 g/mol. The average Bonchev–Trinajstić information content (AvgIpc) is 3.53. The summed E-state index contributed by atoms with van der Waals surface area (Å²) in [6.07, 6.45) is 1.93. The second kappa shape index (κ2) is 13.9. The summed E-state index contributed by atoms with van der Waals surface area (Å²) in [5.74, 6) is 0.901. The summed E-state index contributed by atoms with van der Waals surface area (Å²) in [7, 11) is 0. The fourth-order valence-electron chi connectivity index (χ4n) is 7.32. The molecular formula is C52H57N3O. The topological polar surface area (TPSA) is 50.9 Å². The average molecular weight is 740 g/mol. The van der Waals surface area contributed by atoms with Gasteiger partial charge in [0.15, 0.2) is 0 Å². The predicted molar refractivity (Wildman–Crippen MR) is 237 cm³/mol. The molecule has 0 spiro atoms. The molecule has 0 amide bonds. The minimum Gasteiger partial charge on any atom is -0.507 e. The van der Waals surface area contributed by atoms with E-state index in [1.54, 1.807) is 6.07 Å². The van der Waals surface area contributed by atoms with Gasteiger partial charge in [-0.3, -0.25) is 9.55 Å². The number of phenolic OH excluding ortho intramolecular Hbond substituents is 1. The number of hydrogen-bond donors (Lipinski definition) is 1. The van der Waals surface area contributed by atoms with Crippen LogP contribution in [0.3, 0.4) is 0 Å². The standard InChI is InChI=1S/C52H57N3O/c1-49(2,3)37-22-23-53-44(31-37)36-25-34(33-18-14-13-15-19-33)24-35(26-36)43-30-40(52(10,11)12)32-45-47(43)54-48(42-20-16-17-21-46(42)56)55(45)41-28-38(50(4,5)6)27-39(29-41)51(7,8)9/h13-32,56H,1-12H3. The van der Waals surface area contributed by atoms with E-state index in [1.165, 1.54) is 22.3 Å². The summed E-state index contributed by atoms with van der Waals surface area (Å²) >= 11 is 0. The number of imidazole rings is 1. The lowest BCUT2D eigenvalue weighted by atomic mass is 9.80. The summed E-state index contributed by atoms with van der Waals surface area (Å²) in [4.78, 5) is 10.5. The van der Waals surface area contributed by atoms with Gasteiger partial charge in [0.25, 0.3) is 0 Å². The molecule has 4 nitrogen and oxygen atoms in total. The number of aromatic nitrogens is 3. The largest absolute Gasteiger partial charge is 0.507 e. The summed E-state index contributed by atoms with van der Waals surface area (Å²) in [5.41, 5.74) is 14.5. The van der Waals surface area contributed by atoms with Gasteiger partial charge >= 0.3 is 0 Å². The minimum absolute atomic E-state index is 0.0197. The molecule has 2 heterocycles. The van der Waals surface area contributed by atoms with Gasteiger partial charge in [-0.05, 0) is 127 Å². The molecule has 56 heavy (non-hydrogen) atoms. The SMILES string of the molecule is CC(C)(C)c1cc(-n2c(-c3ccccc3O)nc3c(-c4cc(-c5ccccc5)cc(-c5cc(C(C)(C)C)ccn5)c4)cc(C(C)(C)C)cc32)cc(C(C)(C)C)c1. The quantitative estimate of drug-likeness (QED) is 0.191. The van der Waals surface area contributed by atoms with E-state index in [-0.39, 0.29) is 27.4 Å². The van der Waals surface area contributed by atoms with E-state index >= 15 is 0 Å². The van der Waals surface area contributed by atoms with E-state index in [2.05, 4.69) is 179 Å². The number of nitrogens with zero attached hydrogens (tertiary/aromatic N) is 3. The Balaban J connectivity index is 1.62. The summed E-state index contributed by atoms with van der Waals surface area (Å²) in [6, 6.07) is 40.9. The van der Waals surface area contributed by atoms with Crippen LogP contribution in [0, 0.1) is 0 Å². The van der Waals surface area contributed by atoms with E-state index in [0.29, 0.717) is 11.4 Å². The van der Waals surface area contributed by atoms with Crippen LogP contribution in [-0.2, 0) is 21.7 Å². The van der Waals surface area contributed by atoms with E-state index in [1.807, 2.05) is 24.4 Å². The molecule has 7 aromatic rings. The molecule has 7 rings (SSSR count). The Kier molecular flexibility index (Phi) is 9.64. The van der Waals surface area contributed by atoms with Crippen LogP contribution in [0.4, 0.5) is 0 Å². The Hall–Kier alpha value is -5.48. The summed E-state index contributed by atoms with van der Waals surface area (Å²) in [6.45, 7) is 27.2. The second-order valence-electron chi connectivity index (χ2n) is 19.5. The van der Waals surface area contributed by atoms with Crippen LogP contribution >= 0.6 is 0 Å². The lowest BCUT2D eigenvalue weighted by Crippen LogP contribution is -2.17. The zero-order valence-corrected chi connectivity index (χ0v) is 35.3. The summed E-state index contributed by atoms with van der Waals surface area (Å²) in [5, 5.41) is 11.4. The molecule has 0 radical (unpaired) electrons. The molecule has 0 saturated heterocycles.